The maximum atomic E-state index is 14.7. The van der Waals surface area contributed by atoms with Crippen LogP contribution in [0.25, 0.3) is 0 Å². The molecule has 3 amide bonds. The van der Waals surface area contributed by atoms with E-state index in [4.69, 9.17) is 9.47 Å². The van der Waals surface area contributed by atoms with Crippen molar-refractivity contribution in [3.63, 3.8) is 0 Å². The Morgan fingerprint density at radius 3 is 2.56 bits per heavy atom. The Morgan fingerprint density at radius 1 is 1.05 bits per heavy atom. The van der Waals surface area contributed by atoms with Crippen LogP contribution in [0.4, 0.5) is 0 Å². The molecule has 0 aromatic heterocycles. The van der Waals surface area contributed by atoms with Gasteiger partial charge in [-0.15, -0.1) is 0 Å². The van der Waals surface area contributed by atoms with E-state index in [-0.39, 0.29) is 43.5 Å². The van der Waals surface area contributed by atoms with Gasteiger partial charge in [-0.3, -0.25) is 19.2 Å². The number of rotatable bonds is 4. The van der Waals surface area contributed by atoms with E-state index in [9.17, 15) is 24.3 Å². The number of hydrogen-bond acceptors (Lipinski definition) is 7. The number of esters is 1. The molecule has 5 aliphatic rings. The number of fused-ring (bicyclic) bond motifs is 2. The average molecular weight is 592 g/mol. The molecule has 4 aliphatic heterocycles. The van der Waals surface area contributed by atoms with Crippen LogP contribution < -0.4 is 5.32 Å². The highest BCUT2D eigenvalue weighted by atomic mass is 16.5. The second-order valence-corrected chi connectivity index (χ2v) is 12.4. The molecule has 6 rings (SSSR count). The van der Waals surface area contributed by atoms with Crippen LogP contribution in [0, 0.1) is 11.8 Å². The molecule has 10 heteroatoms. The van der Waals surface area contributed by atoms with Gasteiger partial charge in [0.15, 0.2) is 0 Å². The SMILES string of the molecule is C[C@H](CO)N1C(=O)[C@@H]2[C@H]3C(=O)N[C@@H](c4ccccc4)COC(=O)CC/C=C\CN(C4CCCCC4)C(=O)[C@@H]1[C@]21C=C[C@H]3O1. The second kappa shape index (κ2) is 12.2. The van der Waals surface area contributed by atoms with Crippen molar-refractivity contribution in [3.8, 4) is 0 Å². The van der Waals surface area contributed by atoms with E-state index >= 15 is 0 Å². The van der Waals surface area contributed by atoms with Crippen LogP contribution in [0.5, 0.6) is 0 Å². The van der Waals surface area contributed by atoms with Gasteiger partial charge in [-0.25, -0.2) is 0 Å². The highest BCUT2D eigenvalue weighted by Crippen LogP contribution is 2.56. The van der Waals surface area contributed by atoms with Crippen LogP contribution in [0.2, 0.25) is 0 Å². The molecule has 1 aromatic rings. The molecule has 1 aromatic carbocycles. The molecule has 10 nitrogen and oxygen atoms in total. The van der Waals surface area contributed by atoms with Crippen LogP contribution >= 0.6 is 0 Å². The van der Waals surface area contributed by atoms with Gasteiger partial charge in [0.2, 0.25) is 17.7 Å². The Morgan fingerprint density at radius 2 is 1.81 bits per heavy atom. The number of nitrogens with zero attached hydrogens (tertiary/aromatic N) is 2. The number of aliphatic hydroxyl groups is 1. The zero-order valence-electron chi connectivity index (χ0n) is 24.6. The van der Waals surface area contributed by atoms with Crippen LogP contribution in [0.3, 0.4) is 0 Å². The minimum atomic E-state index is -1.32. The first-order valence-electron chi connectivity index (χ1n) is 15.6. The fourth-order valence-corrected chi connectivity index (χ4v) is 7.65. The largest absolute Gasteiger partial charge is 0.463 e. The third-order valence-electron chi connectivity index (χ3n) is 9.80. The number of amides is 3. The minimum absolute atomic E-state index is 0.00286. The predicted molar refractivity (Wildman–Crippen MR) is 156 cm³/mol. The highest BCUT2D eigenvalue weighted by Gasteiger charge is 2.73. The number of likely N-dealkylation sites (tertiary alicyclic amines) is 1. The maximum Gasteiger partial charge on any atom is 0.306 e. The van der Waals surface area contributed by atoms with Crippen molar-refractivity contribution in [3.05, 3.63) is 60.2 Å². The molecule has 5 bridgehead atoms. The van der Waals surface area contributed by atoms with Gasteiger partial charge in [0.25, 0.3) is 0 Å². The number of carbonyl (C=O) groups excluding carboxylic acids is 4. The molecular formula is C33H41N3O7. The summed E-state index contributed by atoms with van der Waals surface area (Å²) in [6, 6.07) is 6.97. The van der Waals surface area contributed by atoms with Crippen molar-refractivity contribution in [1.29, 1.82) is 0 Å². The topological polar surface area (TPSA) is 125 Å². The lowest BCUT2D eigenvalue weighted by Gasteiger charge is -2.41. The quantitative estimate of drug-likeness (QED) is 0.407. The van der Waals surface area contributed by atoms with Crippen molar-refractivity contribution >= 4 is 23.7 Å². The fourth-order valence-electron chi connectivity index (χ4n) is 7.65. The summed E-state index contributed by atoms with van der Waals surface area (Å²) in [5, 5.41) is 13.2. The van der Waals surface area contributed by atoms with E-state index < -0.39 is 47.6 Å². The molecule has 1 aliphatic carbocycles. The van der Waals surface area contributed by atoms with E-state index in [2.05, 4.69) is 5.32 Å². The summed E-state index contributed by atoms with van der Waals surface area (Å²) in [6.45, 7) is 1.67. The van der Waals surface area contributed by atoms with Crippen molar-refractivity contribution in [2.45, 2.75) is 87.7 Å². The molecule has 230 valence electrons. The van der Waals surface area contributed by atoms with Crippen LogP contribution in [0.15, 0.2) is 54.6 Å². The van der Waals surface area contributed by atoms with Gasteiger partial charge in [-0.2, -0.15) is 0 Å². The van der Waals surface area contributed by atoms with Gasteiger partial charge in [0.1, 0.15) is 18.2 Å². The normalized spacial score (nSPS) is 35.1. The zero-order valence-corrected chi connectivity index (χ0v) is 24.6. The number of cyclic esters (lactones) is 1. The van der Waals surface area contributed by atoms with E-state index in [1.54, 1.807) is 19.1 Å². The molecule has 4 heterocycles. The summed E-state index contributed by atoms with van der Waals surface area (Å²) < 4.78 is 12.1. The summed E-state index contributed by atoms with van der Waals surface area (Å²) in [5.74, 6) is -3.19. The number of hydrogen-bond donors (Lipinski definition) is 2. The summed E-state index contributed by atoms with van der Waals surface area (Å²) in [6.07, 6.45) is 12.2. The van der Waals surface area contributed by atoms with Crippen molar-refractivity contribution in [2.75, 3.05) is 19.8 Å². The molecule has 7 atom stereocenters. The first-order chi connectivity index (χ1) is 20.9. The molecule has 2 saturated heterocycles. The van der Waals surface area contributed by atoms with E-state index in [0.29, 0.717) is 13.0 Å². The minimum Gasteiger partial charge on any atom is -0.463 e. The zero-order chi connectivity index (χ0) is 30.1. The molecule has 3 fully saturated rings. The van der Waals surface area contributed by atoms with Gasteiger partial charge in [0.05, 0.1) is 36.6 Å². The van der Waals surface area contributed by atoms with Gasteiger partial charge in [-0.1, -0.05) is 73.9 Å². The van der Waals surface area contributed by atoms with Crippen LogP contribution in [-0.2, 0) is 28.7 Å². The van der Waals surface area contributed by atoms with Crippen LogP contribution in [-0.4, -0.2) is 88.2 Å². The van der Waals surface area contributed by atoms with E-state index in [0.717, 1.165) is 37.7 Å². The summed E-state index contributed by atoms with van der Waals surface area (Å²) in [7, 11) is 0. The number of aliphatic hydroxyl groups excluding tert-OH is 1. The van der Waals surface area contributed by atoms with Crippen molar-refractivity contribution in [1.82, 2.24) is 15.1 Å². The maximum absolute atomic E-state index is 14.7. The van der Waals surface area contributed by atoms with Gasteiger partial charge in [-0.05, 0) is 31.7 Å². The monoisotopic (exact) mass is 591 g/mol. The predicted octanol–water partition coefficient (Wildman–Crippen LogP) is 2.43. The van der Waals surface area contributed by atoms with Gasteiger partial charge < -0.3 is 29.7 Å². The first-order valence-corrected chi connectivity index (χ1v) is 15.6. The Balaban J connectivity index is 1.41. The fraction of sp³-hybridized carbons (Fsp3) is 0.576. The molecule has 0 radical (unpaired) electrons. The van der Waals surface area contributed by atoms with Crippen molar-refractivity contribution < 1.29 is 33.8 Å². The number of carbonyl (C=O) groups is 4. The third kappa shape index (κ3) is 5.29. The summed E-state index contributed by atoms with van der Waals surface area (Å²) in [4.78, 5) is 59.0. The summed E-state index contributed by atoms with van der Waals surface area (Å²) in [5.41, 5.74) is -0.552. The molecular weight excluding hydrogens is 550 g/mol. The molecule has 1 saturated carbocycles. The molecule has 2 N–H and O–H groups in total. The highest BCUT2D eigenvalue weighted by molar-refractivity contribution is 6.00. The number of allylic oxidation sites excluding steroid dienone is 1. The lowest BCUT2D eigenvalue weighted by Crippen LogP contribution is -2.59. The van der Waals surface area contributed by atoms with Crippen LogP contribution in [0.1, 0.15) is 63.5 Å². The summed E-state index contributed by atoms with van der Waals surface area (Å²) >= 11 is 0. The molecule has 1 spiro atoms. The second-order valence-electron chi connectivity index (χ2n) is 12.4. The Bertz CT molecular complexity index is 1290. The lowest BCUT2D eigenvalue weighted by molar-refractivity contribution is -0.152. The van der Waals surface area contributed by atoms with Gasteiger partial charge >= 0.3 is 5.97 Å². The number of nitrogens with one attached hydrogen (secondary N) is 1. The molecule has 43 heavy (non-hydrogen) atoms. The van der Waals surface area contributed by atoms with Crippen molar-refractivity contribution in [2.24, 2.45) is 11.8 Å². The lowest BCUT2D eigenvalue weighted by atomic mass is 9.74. The third-order valence-corrected chi connectivity index (χ3v) is 9.80. The molecule has 0 unspecified atom stereocenters. The number of benzene rings is 1. The van der Waals surface area contributed by atoms with Gasteiger partial charge in [0, 0.05) is 19.0 Å². The standard InChI is InChI=1S/C33H41N3O7/c1-21(19-37)36-29-32(41)35(23-13-7-3-8-14-23)18-10-4-9-15-26(38)42-20-24(22-11-5-2-6-12-22)34-30(39)27-25-16-17-33(29,43-25)28(27)31(36)40/h2,4-6,10-12,16-17,21,23-25,27-29,37H,3,7-9,13-15,18-20H2,1H3,(H,34,39)/b10-4-/t21-,24-,25-,27+,28+,29-,33+/m1/s1. The average Bonchev–Trinajstić information content (AvgIpc) is 3.68. The Hall–Kier alpha value is -3.50. The Kier molecular flexibility index (Phi) is 8.42. The Labute approximate surface area is 252 Å². The smallest absolute Gasteiger partial charge is 0.306 e. The first kappa shape index (κ1) is 29.6. The van der Waals surface area contributed by atoms with E-state index in [1.807, 2.05) is 47.4 Å². The van der Waals surface area contributed by atoms with E-state index in [1.165, 1.54) is 4.90 Å². The number of ether oxygens (including phenoxy) is 2.